The molecule has 0 fully saturated rings. The van der Waals surface area contributed by atoms with Crippen molar-refractivity contribution in [3.63, 3.8) is 0 Å². The molecule has 80 valence electrons. The predicted molar refractivity (Wildman–Crippen MR) is 63.6 cm³/mol. The first-order valence-electron chi connectivity index (χ1n) is 5.05. The molecule has 1 N–H and O–H groups in total. The molecule has 3 heteroatoms. The minimum absolute atomic E-state index is 0.124. The third-order valence-corrected chi connectivity index (χ3v) is 2.51. The van der Waals surface area contributed by atoms with Crippen LogP contribution in [0.2, 0.25) is 5.02 Å². The van der Waals surface area contributed by atoms with E-state index in [0.717, 1.165) is 18.4 Å². The SMILES string of the molecule is C#CC(CCC)NCc1ccncc1Cl. The van der Waals surface area contributed by atoms with Crippen molar-refractivity contribution in [2.24, 2.45) is 0 Å². The molecule has 0 radical (unpaired) electrons. The predicted octanol–water partition coefficient (Wildman–Crippen LogP) is 2.63. The molecular weight excluding hydrogens is 208 g/mol. The molecular formula is C12H15ClN2. The molecule has 0 saturated carbocycles. The van der Waals surface area contributed by atoms with Crippen molar-refractivity contribution < 1.29 is 0 Å². The van der Waals surface area contributed by atoms with Gasteiger partial charge in [-0.25, -0.2) is 0 Å². The van der Waals surface area contributed by atoms with Crippen LogP contribution in [-0.2, 0) is 6.54 Å². The van der Waals surface area contributed by atoms with E-state index in [0.29, 0.717) is 11.6 Å². The number of terminal acetylenes is 1. The van der Waals surface area contributed by atoms with Crippen molar-refractivity contribution in [2.45, 2.75) is 32.4 Å². The van der Waals surface area contributed by atoms with Gasteiger partial charge in [-0.3, -0.25) is 10.3 Å². The highest BCUT2D eigenvalue weighted by Crippen LogP contribution is 2.13. The lowest BCUT2D eigenvalue weighted by Crippen LogP contribution is -2.26. The Bertz CT molecular complexity index is 344. The van der Waals surface area contributed by atoms with Crippen LogP contribution >= 0.6 is 11.6 Å². The largest absolute Gasteiger partial charge is 0.300 e. The van der Waals surface area contributed by atoms with Crippen molar-refractivity contribution in [2.75, 3.05) is 0 Å². The summed E-state index contributed by atoms with van der Waals surface area (Å²) in [6.07, 6.45) is 10.8. The molecule has 1 aromatic heterocycles. The van der Waals surface area contributed by atoms with Crippen LogP contribution in [-0.4, -0.2) is 11.0 Å². The lowest BCUT2D eigenvalue weighted by molar-refractivity contribution is 0.563. The Kier molecular flexibility index (Phi) is 5.17. The van der Waals surface area contributed by atoms with Gasteiger partial charge in [-0.1, -0.05) is 30.9 Å². The number of hydrogen-bond acceptors (Lipinski definition) is 2. The van der Waals surface area contributed by atoms with Crippen molar-refractivity contribution in [3.05, 3.63) is 29.0 Å². The van der Waals surface area contributed by atoms with Gasteiger partial charge in [0.1, 0.15) is 0 Å². The van der Waals surface area contributed by atoms with Gasteiger partial charge < -0.3 is 0 Å². The molecule has 0 bridgehead atoms. The second kappa shape index (κ2) is 6.44. The van der Waals surface area contributed by atoms with Gasteiger partial charge in [-0.2, -0.15) is 0 Å². The Morgan fingerprint density at radius 2 is 2.47 bits per heavy atom. The molecule has 1 unspecified atom stereocenters. The van der Waals surface area contributed by atoms with Crippen molar-refractivity contribution >= 4 is 11.6 Å². The van der Waals surface area contributed by atoms with E-state index >= 15 is 0 Å². The molecule has 15 heavy (non-hydrogen) atoms. The van der Waals surface area contributed by atoms with Gasteiger partial charge in [-0.15, -0.1) is 6.42 Å². The molecule has 1 atom stereocenters. The Hall–Kier alpha value is -1.04. The monoisotopic (exact) mass is 222 g/mol. The van der Waals surface area contributed by atoms with E-state index in [9.17, 15) is 0 Å². The first-order chi connectivity index (χ1) is 7.27. The maximum atomic E-state index is 5.97. The zero-order valence-corrected chi connectivity index (χ0v) is 9.59. The second-order valence-electron chi connectivity index (χ2n) is 3.36. The van der Waals surface area contributed by atoms with E-state index in [-0.39, 0.29) is 6.04 Å². The van der Waals surface area contributed by atoms with Gasteiger partial charge in [-0.05, 0) is 18.1 Å². The van der Waals surface area contributed by atoms with E-state index in [1.54, 1.807) is 12.4 Å². The van der Waals surface area contributed by atoms with Gasteiger partial charge in [0.25, 0.3) is 0 Å². The molecule has 0 aliphatic heterocycles. The fourth-order valence-corrected chi connectivity index (χ4v) is 1.50. The van der Waals surface area contributed by atoms with E-state index < -0.39 is 0 Å². The molecule has 0 aliphatic carbocycles. The molecule has 0 saturated heterocycles. The molecule has 1 aromatic rings. The standard InChI is InChI=1S/C12H15ClN2/c1-3-5-11(4-2)15-8-10-6-7-14-9-12(10)13/h2,6-7,9,11,15H,3,5,8H2,1H3. The molecule has 0 aromatic carbocycles. The third-order valence-electron chi connectivity index (χ3n) is 2.17. The summed E-state index contributed by atoms with van der Waals surface area (Å²) >= 11 is 5.97. The summed E-state index contributed by atoms with van der Waals surface area (Å²) in [7, 11) is 0. The fraction of sp³-hybridized carbons (Fsp3) is 0.417. The van der Waals surface area contributed by atoms with Crippen molar-refractivity contribution in [3.8, 4) is 12.3 Å². The summed E-state index contributed by atoms with van der Waals surface area (Å²) in [4.78, 5) is 3.93. The van der Waals surface area contributed by atoms with Crippen LogP contribution in [0.25, 0.3) is 0 Å². The van der Waals surface area contributed by atoms with Crippen LogP contribution in [0, 0.1) is 12.3 Å². The summed E-state index contributed by atoms with van der Waals surface area (Å²) < 4.78 is 0. The first-order valence-corrected chi connectivity index (χ1v) is 5.43. The smallest absolute Gasteiger partial charge is 0.0689 e. The van der Waals surface area contributed by atoms with Crippen molar-refractivity contribution in [1.29, 1.82) is 0 Å². The highest BCUT2D eigenvalue weighted by Gasteiger charge is 2.04. The van der Waals surface area contributed by atoms with Gasteiger partial charge in [0.05, 0.1) is 11.1 Å². The topological polar surface area (TPSA) is 24.9 Å². The molecule has 0 amide bonds. The number of hydrogen-bond donors (Lipinski definition) is 1. The number of nitrogens with one attached hydrogen (secondary N) is 1. The highest BCUT2D eigenvalue weighted by molar-refractivity contribution is 6.31. The second-order valence-corrected chi connectivity index (χ2v) is 3.76. The zero-order valence-electron chi connectivity index (χ0n) is 8.83. The summed E-state index contributed by atoms with van der Waals surface area (Å²) in [5, 5.41) is 3.96. The van der Waals surface area contributed by atoms with Crippen LogP contribution in [0.4, 0.5) is 0 Å². The van der Waals surface area contributed by atoms with Crippen LogP contribution in [0.5, 0.6) is 0 Å². The van der Waals surface area contributed by atoms with Crippen molar-refractivity contribution in [1.82, 2.24) is 10.3 Å². The molecule has 2 nitrogen and oxygen atoms in total. The molecule has 1 heterocycles. The van der Waals surface area contributed by atoms with Crippen LogP contribution in [0.15, 0.2) is 18.5 Å². The average molecular weight is 223 g/mol. The number of pyridine rings is 1. The Labute approximate surface area is 96.1 Å². The van der Waals surface area contributed by atoms with Gasteiger partial charge in [0, 0.05) is 18.9 Å². The summed E-state index contributed by atoms with van der Waals surface area (Å²) in [5.41, 5.74) is 1.03. The van der Waals surface area contributed by atoms with Crippen LogP contribution < -0.4 is 5.32 Å². The van der Waals surface area contributed by atoms with Gasteiger partial charge in [0.15, 0.2) is 0 Å². The Morgan fingerprint density at radius 3 is 3.07 bits per heavy atom. The fourth-order valence-electron chi connectivity index (χ4n) is 1.31. The number of rotatable bonds is 5. The minimum Gasteiger partial charge on any atom is -0.300 e. The zero-order chi connectivity index (χ0) is 11.1. The summed E-state index contributed by atoms with van der Waals surface area (Å²) in [5.74, 6) is 2.72. The maximum absolute atomic E-state index is 5.97. The normalized spacial score (nSPS) is 12.1. The van der Waals surface area contributed by atoms with Crippen LogP contribution in [0.1, 0.15) is 25.3 Å². The summed E-state index contributed by atoms with van der Waals surface area (Å²) in [6, 6.07) is 2.02. The maximum Gasteiger partial charge on any atom is 0.0689 e. The number of nitrogens with zero attached hydrogens (tertiary/aromatic N) is 1. The van der Waals surface area contributed by atoms with Crippen LogP contribution in [0.3, 0.4) is 0 Å². The van der Waals surface area contributed by atoms with E-state index in [1.807, 2.05) is 6.07 Å². The lowest BCUT2D eigenvalue weighted by atomic mass is 10.1. The number of aromatic nitrogens is 1. The minimum atomic E-state index is 0.124. The molecule has 0 spiro atoms. The summed E-state index contributed by atoms with van der Waals surface area (Å²) in [6.45, 7) is 2.81. The van der Waals surface area contributed by atoms with Gasteiger partial charge >= 0.3 is 0 Å². The van der Waals surface area contributed by atoms with E-state index in [2.05, 4.69) is 23.1 Å². The third kappa shape index (κ3) is 3.91. The number of halogens is 1. The lowest BCUT2D eigenvalue weighted by Gasteiger charge is -2.12. The van der Waals surface area contributed by atoms with E-state index in [1.165, 1.54) is 0 Å². The Morgan fingerprint density at radius 1 is 1.67 bits per heavy atom. The quantitative estimate of drug-likeness (QED) is 0.775. The molecule has 1 rings (SSSR count). The molecule has 0 aliphatic rings. The first kappa shape index (κ1) is 12.0. The Balaban J connectivity index is 2.50. The highest BCUT2D eigenvalue weighted by atomic mass is 35.5. The van der Waals surface area contributed by atoms with E-state index in [4.69, 9.17) is 18.0 Å². The van der Waals surface area contributed by atoms with Gasteiger partial charge in [0.2, 0.25) is 0 Å². The average Bonchev–Trinajstić information content (AvgIpc) is 2.26.